The normalized spacial score (nSPS) is 24.3. The maximum Gasteiger partial charge on any atom is 0.239 e. The molecule has 126 valence electrons. The van der Waals surface area contributed by atoms with E-state index in [0.29, 0.717) is 5.92 Å². The fourth-order valence-corrected chi connectivity index (χ4v) is 4.13. The molecule has 0 spiro atoms. The van der Waals surface area contributed by atoms with E-state index in [2.05, 4.69) is 4.90 Å². The van der Waals surface area contributed by atoms with Crippen LogP contribution in [0.1, 0.15) is 30.7 Å². The molecule has 23 heavy (non-hydrogen) atoms. The SMILES string of the molecule is CN1CCC(N2CCC(c3ccc(S(N)(=O)=O)cc3)CC2)C1=O. The second-order valence-corrected chi connectivity index (χ2v) is 8.05. The summed E-state index contributed by atoms with van der Waals surface area (Å²) in [6.07, 6.45) is 2.90. The first kappa shape index (κ1) is 16.4. The number of sulfonamides is 1. The molecule has 2 aliphatic heterocycles. The first-order valence-electron chi connectivity index (χ1n) is 7.98. The van der Waals surface area contributed by atoms with Crippen LogP contribution in [-0.2, 0) is 14.8 Å². The van der Waals surface area contributed by atoms with Crippen LogP contribution in [0.2, 0.25) is 0 Å². The Morgan fingerprint density at radius 2 is 1.65 bits per heavy atom. The standard InChI is InChI=1S/C16H23N3O3S/c1-18-9-8-15(16(18)20)19-10-6-13(7-11-19)12-2-4-14(5-3-12)23(17,21)22/h2-5,13,15H,6-11H2,1H3,(H2,17,21,22). The highest BCUT2D eigenvalue weighted by atomic mass is 32.2. The predicted octanol–water partition coefficient (Wildman–Crippen LogP) is 0.744. The molecule has 7 heteroatoms. The first-order chi connectivity index (χ1) is 10.9. The number of carbonyl (C=O) groups is 1. The van der Waals surface area contributed by atoms with Gasteiger partial charge in [-0.15, -0.1) is 0 Å². The number of primary sulfonamides is 1. The molecule has 1 aromatic rings. The van der Waals surface area contributed by atoms with Crippen molar-refractivity contribution in [1.82, 2.24) is 9.80 Å². The van der Waals surface area contributed by atoms with Crippen molar-refractivity contribution < 1.29 is 13.2 Å². The molecule has 3 rings (SSSR count). The second kappa shape index (κ2) is 6.22. The monoisotopic (exact) mass is 337 g/mol. The van der Waals surface area contributed by atoms with Crippen molar-refractivity contribution in [2.75, 3.05) is 26.7 Å². The van der Waals surface area contributed by atoms with E-state index >= 15 is 0 Å². The van der Waals surface area contributed by atoms with Crippen LogP contribution in [0.15, 0.2) is 29.2 Å². The Morgan fingerprint density at radius 3 is 2.13 bits per heavy atom. The zero-order chi connectivity index (χ0) is 16.6. The average Bonchev–Trinajstić information content (AvgIpc) is 2.86. The highest BCUT2D eigenvalue weighted by Gasteiger charge is 2.35. The number of carbonyl (C=O) groups excluding carboxylic acids is 1. The number of likely N-dealkylation sites (N-methyl/N-ethyl adjacent to an activating group) is 1. The van der Waals surface area contributed by atoms with Gasteiger partial charge in [0.05, 0.1) is 10.9 Å². The van der Waals surface area contributed by atoms with Gasteiger partial charge in [0.15, 0.2) is 0 Å². The summed E-state index contributed by atoms with van der Waals surface area (Å²) in [6, 6.07) is 6.91. The van der Waals surface area contributed by atoms with Crippen molar-refractivity contribution in [1.29, 1.82) is 0 Å². The maximum atomic E-state index is 12.1. The van der Waals surface area contributed by atoms with Gasteiger partial charge >= 0.3 is 0 Å². The van der Waals surface area contributed by atoms with E-state index < -0.39 is 10.0 Å². The second-order valence-electron chi connectivity index (χ2n) is 6.49. The summed E-state index contributed by atoms with van der Waals surface area (Å²) in [5.74, 6) is 0.649. The molecule has 2 saturated heterocycles. The largest absolute Gasteiger partial charge is 0.344 e. The van der Waals surface area contributed by atoms with Crippen LogP contribution >= 0.6 is 0 Å². The Kier molecular flexibility index (Phi) is 4.44. The highest BCUT2D eigenvalue weighted by molar-refractivity contribution is 7.89. The lowest BCUT2D eigenvalue weighted by Crippen LogP contribution is -2.44. The Labute approximate surface area is 137 Å². The molecule has 6 nitrogen and oxygen atoms in total. The minimum atomic E-state index is -3.63. The van der Waals surface area contributed by atoms with E-state index in [-0.39, 0.29) is 16.8 Å². The molecule has 0 bridgehead atoms. The molecule has 1 unspecified atom stereocenters. The summed E-state index contributed by atoms with van der Waals surface area (Å²) < 4.78 is 22.6. The smallest absolute Gasteiger partial charge is 0.239 e. The molecule has 0 aliphatic carbocycles. The predicted molar refractivity (Wildman–Crippen MR) is 87.4 cm³/mol. The van der Waals surface area contributed by atoms with Gasteiger partial charge in [0, 0.05) is 13.6 Å². The van der Waals surface area contributed by atoms with Crippen molar-refractivity contribution in [3.8, 4) is 0 Å². The number of nitrogens with zero attached hydrogens (tertiary/aromatic N) is 2. The molecule has 1 amide bonds. The molecular formula is C16H23N3O3S. The van der Waals surface area contributed by atoms with E-state index in [0.717, 1.165) is 44.5 Å². The Balaban J connectivity index is 1.62. The van der Waals surface area contributed by atoms with Gasteiger partial charge in [0.1, 0.15) is 0 Å². The van der Waals surface area contributed by atoms with E-state index in [1.807, 2.05) is 24.1 Å². The van der Waals surface area contributed by atoms with E-state index in [4.69, 9.17) is 5.14 Å². The minimum absolute atomic E-state index is 0.0470. The van der Waals surface area contributed by atoms with Crippen LogP contribution in [0.4, 0.5) is 0 Å². The fraction of sp³-hybridized carbons (Fsp3) is 0.562. The fourth-order valence-electron chi connectivity index (χ4n) is 3.62. The zero-order valence-electron chi connectivity index (χ0n) is 13.3. The minimum Gasteiger partial charge on any atom is -0.344 e. The van der Waals surface area contributed by atoms with Crippen LogP contribution in [0.25, 0.3) is 0 Å². The molecule has 2 N–H and O–H groups in total. The van der Waals surface area contributed by atoms with Crippen LogP contribution < -0.4 is 5.14 Å². The number of hydrogen-bond donors (Lipinski definition) is 1. The van der Waals surface area contributed by atoms with Crippen LogP contribution in [-0.4, -0.2) is 56.8 Å². The molecule has 1 atom stereocenters. The summed E-state index contributed by atoms with van der Waals surface area (Å²) in [4.78, 5) is 16.4. The van der Waals surface area contributed by atoms with Crippen molar-refractivity contribution in [3.05, 3.63) is 29.8 Å². The molecule has 1 aromatic carbocycles. The average molecular weight is 337 g/mol. The molecule has 2 heterocycles. The zero-order valence-corrected chi connectivity index (χ0v) is 14.1. The lowest BCUT2D eigenvalue weighted by Gasteiger charge is -2.35. The van der Waals surface area contributed by atoms with Gasteiger partial charge in [-0.1, -0.05) is 12.1 Å². The van der Waals surface area contributed by atoms with Crippen molar-refractivity contribution in [2.24, 2.45) is 5.14 Å². The van der Waals surface area contributed by atoms with E-state index in [9.17, 15) is 13.2 Å². The maximum absolute atomic E-state index is 12.1. The van der Waals surface area contributed by atoms with Gasteiger partial charge < -0.3 is 4.90 Å². The summed E-state index contributed by atoms with van der Waals surface area (Å²) in [5, 5.41) is 5.13. The summed E-state index contributed by atoms with van der Waals surface area (Å²) in [6.45, 7) is 2.66. The number of amides is 1. The van der Waals surface area contributed by atoms with Crippen molar-refractivity contribution >= 4 is 15.9 Å². The van der Waals surface area contributed by atoms with Gasteiger partial charge in [-0.2, -0.15) is 0 Å². The molecule has 0 radical (unpaired) electrons. The Hall–Kier alpha value is -1.44. The number of rotatable bonds is 3. The molecular weight excluding hydrogens is 314 g/mol. The molecule has 2 fully saturated rings. The third kappa shape index (κ3) is 3.41. The van der Waals surface area contributed by atoms with Crippen LogP contribution in [0.3, 0.4) is 0 Å². The van der Waals surface area contributed by atoms with Crippen LogP contribution in [0.5, 0.6) is 0 Å². The third-order valence-corrected chi connectivity index (χ3v) is 5.98. The number of likely N-dealkylation sites (tertiary alicyclic amines) is 2. The van der Waals surface area contributed by atoms with Crippen molar-refractivity contribution in [3.63, 3.8) is 0 Å². The quantitative estimate of drug-likeness (QED) is 0.882. The third-order valence-electron chi connectivity index (χ3n) is 5.05. The van der Waals surface area contributed by atoms with Gasteiger partial charge in [-0.25, -0.2) is 13.6 Å². The molecule has 0 saturated carbocycles. The lowest BCUT2D eigenvalue weighted by molar-refractivity contribution is -0.131. The van der Waals surface area contributed by atoms with Crippen LogP contribution in [0, 0.1) is 0 Å². The number of nitrogens with two attached hydrogens (primary N) is 1. The number of piperidine rings is 1. The van der Waals surface area contributed by atoms with Gasteiger partial charge in [-0.3, -0.25) is 9.69 Å². The number of benzene rings is 1. The highest BCUT2D eigenvalue weighted by Crippen LogP contribution is 2.31. The summed E-state index contributed by atoms with van der Waals surface area (Å²) in [7, 11) is -1.77. The van der Waals surface area contributed by atoms with Gasteiger partial charge in [0.25, 0.3) is 0 Å². The van der Waals surface area contributed by atoms with Gasteiger partial charge in [0.2, 0.25) is 15.9 Å². The van der Waals surface area contributed by atoms with E-state index in [1.165, 1.54) is 0 Å². The Bertz CT molecular complexity index is 679. The first-order valence-corrected chi connectivity index (χ1v) is 9.52. The summed E-state index contributed by atoms with van der Waals surface area (Å²) >= 11 is 0. The topological polar surface area (TPSA) is 83.7 Å². The number of hydrogen-bond acceptors (Lipinski definition) is 4. The van der Waals surface area contributed by atoms with Gasteiger partial charge in [-0.05, 0) is 56.0 Å². The lowest BCUT2D eigenvalue weighted by atomic mass is 9.89. The molecule has 0 aromatic heterocycles. The molecule has 2 aliphatic rings. The Morgan fingerprint density at radius 1 is 1.04 bits per heavy atom. The summed E-state index contributed by atoms with van der Waals surface area (Å²) in [5.41, 5.74) is 1.15. The van der Waals surface area contributed by atoms with Crippen molar-refractivity contribution in [2.45, 2.75) is 36.1 Å². The van der Waals surface area contributed by atoms with E-state index in [1.54, 1.807) is 12.1 Å².